The Bertz CT molecular complexity index is 629. The molecule has 3 nitrogen and oxygen atoms in total. The average Bonchev–Trinajstić information content (AvgIpc) is 2.70. The van der Waals surface area contributed by atoms with Gasteiger partial charge in [0.25, 0.3) is 0 Å². The van der Waals surface area contributed by atoms with Gasteiger partial charge in [0.15, 0.2) is 0 Å². The third-order valence-electron chi connectivity index (χ3n) is 4.53. The highest BCUT2D eigenvalue weighted by molar-refractivity contribution is 5.81. The van der Waals surface area contributed by atoms with Crippen LogP contribution in [0.3, 0.4) is 0 Å². The van der Waals surface area contributed by atoms with Crippen molar-refractivity contribution in [3.8, 4) is 0 Å². The molecule has 1 aromatic rings. The monoisotopic (exact) mass is 380 g/mol. The van der Waals surface area contributed by atoms with Crippen LogP contribution in [0, 0.1) is 0 Å². The number of rotatable bonds is 15. The Morgan fingerprint density at radius 2 is 1.43 bits per heavy atom. The molecule has 2 N–H and O–H groups in total. The molecule has 0 aliphatic carbocycles. The highest BCUT2D eigenvalue weighted by Gasteiger charge is 2.16. The molecule has 0 saturated heterocycles. The van der Waals surface area contributed by atoms with Crippen molar-refractivity contribution in [3.63, 3.8) is 0 Å². The number of amides is 1. The Hall–Kier alpha value is -2.42. The zero-order chi connectivity index (χ0) is 20.3. The first-order valence-corrected chi connectivity index (χ1v) is 10.5. The number of nitrogens with zero attached hydrogens (tertiary/aromatic N) is 1. The third kappa shape index (κ3) is 12.1. The molecular weight excluding hydrogens is 344 g/mol. The lowest BCUT2D eigenvalue weighted by Crippen LogP contribution is -2.21. The predicted molar refractivity (Wildman–Crippen MR) is 120 cm³/mol. The van der Waals surface area contributed by atoms with Gasteiger partial charge in [0.05, 0.1) is 5.92 Å². The fourth-order valence-corrected chi connectivity index (χ4v) is 2.89. The summed E-state index contributed by atoms with van der Waals surface area (Å²) in [6.45, 7) is 2.24. The first-order chi connectivity index (χ1) is 13.8. The van der Waals surface area contributed by atoms with Crippen LogP contribution in [0.1, 0.15) is 76.2 Å². The van der Waals surface area contributed by atoms with Crippen molar-refractivity contribution in [2.75, 3.05) is 0 Å². The molecule has 1 unspecified atom stereocenters. The molecule has 3 heteroatoms. The molecule has 152 valence electrons. The van der Waals surface area contributed by atoms with E-state index in [2.05, 4.69) is 60.5 Å². The first kappa shape index (κ1) is 23.6. The van der Waals surface area contributed by atoms with Crippen LogP contribution in [-0.4, -0.2) is 10.9 Å². The van der Waals surface area contributed by atoms with Gasteiger partial charge >= 0.3 is 0 Å². The van der Waals surface area contributed by atoms with Crippen molar-refractivity contribution >= 4 is 5.91 Å². The molecule has 28 heavy (non-hydrogen) atoms. The molecule has 0 aromatic carbocycles. The molecule has 1 heterocycles. The predicted octanol–water partition coefficient (Wildman–Crippen LogP) is 6.41. The smallest absolute Gasteiger partial charge is 0.224 e. The average molecular weight is 381 g/mol. The Kier molecular flexibility index (Phi) is 14.1. The highest BCUT2D eigenvalue weighted by atomic mass is 16.1. The van der Waals surface area contributed by atoms with E-state index < -0.39 is 0 Å². The second-order valence-electron chi connectivity index (χ2n) is 6.90. The minimum atomic E-state index is -0.276. The number of allylic oxidation sites excluding steroid dienone is 8. The number of hydrogen-bond acceptors (Lipinski definition) is 2. The van der Waals surface area contributed by atoms with E-state index in [1.165, 1.54) is 25.7 Å². The molecule has 1 atom stereocenters. The molecule has 1 amide bonds. The fraction of sp³-hybridized carbons (Fsp3) is 0.440. The van der Waals surface area contributed by atoms with Gasteiger partial charge < -0.3 is 5.73 Å². The standard InChI is InChI=1S/C25H36N2O/c1-2-3-4-5-6-7-8-9-10-11-12-13-14-15-16-17-18-24(25(26)28)23-19-21-27-22-20-23/h6-7,9-10,12-13,15-16,19-22,24H,2-5,8,11,14,17-18H2,1H3,(H2,26,28). The maximum atomic E-state index is 11.6. The van der Waals surface area contributed by atoms with Gasteiger partial charge in [-0.25, -0.2) is 0 Å². The number of hydrogen-bond donors (Lipinski definition) is 1. The molecule has 1 rings (SSSR count). The van der Waals surface area contributed by atoms with E-state index in [1.54, 1.807) is 12.4 Å². The number of carbonyl (C=O) groups is 1. The van der Waals surface area contributed by atoms with Crippen LogP contribution in [0.25, 0.3) is 0 Å². The Morgan fingerprint density at radius 1 is 0.893 bits per heavy atom. The molecule has 0 radical (unpaired) electrons. The van der Waals surface area contributed by atoms with Crippen molar-refractivity contribution in [2.24, 2.45) is 5.73 Å². The van der Waals surface area contributed by atoms with Gasteiger partial charge in [0.1, 0.15) is 0 Å². The number of aromatic nitrogens is 1. The van der Waals surface area contributed by atoms with Crippen molar-refractivity contribution in [1.82, 2.24) is 4.98 Å². The van der Waals surface area contributed by atoms with E-state index in [9.17, 15) is 4.79 Å². The van der Waals surface area contributed by atoms with E-state index in [-0.39, 0.29) is 11.8 Å². The van der Waals surface area contributed by atoms with Crippen LogP contribution >= 0.6 is 0 Å². The Labute approximate surface area is 171 Å². The lowest BCUT2D eigenvalue weighted by molar-refractivity contribution is -0.119. The Morgan fingerprint density at radius 3 is 1.96 bits per heavy atom. The van der Waals surface area contributed by atoms with E-state index in [1.807, 2.05) is 12.1 Å². The first-order valence-electron chi connectivity index (χ1n) is 10.5. The molecule has 1 aromatic heterocycles. The molecule has 0 fully saturated rings. The van der Waals surface area contributed by atoms with Crippen molar-refractivity contribution in [1.29, 1.82) is 0 Å². The van der Waals surface area contributed by atoms with E-state index in [0.717, 1.165) is 37.7 Å². The summed E-state index contributed by atoms with van der Waals surface area (Å²) >= 11 is 0. The molecule has 0 spiro atoms. The van der Waals surface area contributed by atoms with Crippen molar-refractivity contribution in [3.05, 3.63) is 78.7 Å². The topological polar surface area (TPSA) is 56.0 Å². The van der Waals surface area contributed by atoms with Gasteiger partial charge in [0.2, 0.25) is 5.91 Å². The maximum Gasteiger partial charge on any atom is 0.224 e. The summed E-state index contributed by atoms with van der Waals surface area (Å²) in [4.78, 5) is 15.6. The lowest BCUT2D eigenvalue weighted by Gasteiger charge is -2.11. The zero-order valence-corrected chi connectivity index (χ0v) is 17.3. The molecule has 0 saturated carbocycles. The fourth-order valence-electron chi connectivity index (χ4n) is 2.89. The molecular formula is C25H36N2O. The number of pyridine rings is 1. The van der Waals surface area contributed by atoms with E-state index in [4.69, 9.17) is 5.73 Å². The zero-order valence-electron chi connectivity index (χ0n) is 17.3. The highest BCUT2D eigenvalue weighted by Crippen LogP contribution is 2.20. The van der Waals surface area contributed by atoms with Crippen molar-refractivity contribution < 1.29 is 4.79 Å². The minimum absolute atomic E-state index is 0.242. The van der Waals surface area contributed by atoms with Crippen LogP contribution in [0.2, 0.25) is 0 Å². The molecule has 0 aliphatic rings. The third-order valence-corrected chi connectivity index (χ3v) is 4.53. The maximum absolute atomic E-state index is 11.6. The summed E-state index contributed by atoms with van der Waals surface area (Å²) in [5.74, 6) is -0.517. The molecule has 0 bridgehead atoms. The number of unbranched alkanes of at least 4 members (excludes halogenated alkanes) is 3. The van der Waals surface area contributed by atoms with E-state index >= 15 is 0 Å². The summed E-state index contributed by atoms with van der Waals surface area (Å²) in [6, 6.07) is 3.72. The van der Waals surface area contributed by atoms with Gasteiger partial charge in [-0.2, -0.15) is 0 Å². The normalized spacial score (nSPS) is 13.3. The minimum Gasteiger partial charge on any atom is -0.369 e. The second-order valence-corrected chi connectivity index (χ2v) is 6.90. The van der Waals surface area contributed by atoms with Crippen molar-refractivity contribution in [2.45, 2.75) is 70.6 Å². The number of carbonyl (C=O) groups excluding carboxylic acids is 1. The van der Waals surface area contributed by atoms with Gasteiger partial charge in [-0.1, -0.05) is 68.4 Å². The number of primary amides is 1. The van der Waals surface area contributed by atoms with Crippen LogP contribution in [-0.2, 0) is 4.79 Å². The van der Waals surface area contributed by atoms with Gasteiger partial charge in [-0.3, -0.25) is 9.78 Å². The van der Waals surface area contributed by atoms with E-state index in [0.29, 0.717) is 0 Å². The van der Waals surface area contributed by atoms with Crippen LogP contribution in [0.5, 0.6) is 0 Å². The van der Waals surface area contributed by atoms with Gasteiger partial charge in [-0.05, 0) is 62.6 Å². The summed E-state index contributed by atoms with van der Waals surface area (Å²) in [6.07, 6.45) is 30.6. The summed E-state index contributed by atoms with van der Waals surface area (Å²) in [5.41, 5.74) is 6.47. The van der Waals surface area contributed by atoms with Gasteiger partial charge in [-0.15, -0.1) is 0 Å². The largest absolute Gasteiger partial charge is 0.369 e. The van der Waals surface area contributed by atoms with Crippen LogP contribution < -0.4 is 5.73 Å². The SMILES string of the molecule is CCCCCC=CCC=CCC=CCC=CCCC(C(N)=O)c1ccncc1. The quantitative estimate of drug-likeness (QED) is 0.282. The second kappa shape index (κ2) is 16.7. The summed E-state index contributed by atoms with van der Waals surface area (Å²) in [5, 5.41) is 0. The van der Waals surface area contributed by atoms with Crippen LogP contribution in [0.4, 0.5) is 0 Å². The van der Waals surface area contributed by atoms with Gasteiger partial charge in [0, 0.05) is 12.4 Å². The number of nitrogens with two attached hydrogens (primary N) is 1. The lowest BCUT2D eigenvalue weighted by atomic mass is 9.94. The summed E-state index contributed by atoms with van der Waals surface area (Å²) < 4.78 is 0. The summed E-state index contributed by atoms with van der Waals surface area (Å²) in [7, 11) is 0. The Balaban J connectivity index is 2.12. The van der Waals surface area contributed by atoms with Crippen LogP contribution in [0.15, 0.2) is 73.1 Å². The molecule has 0 aliphatic heterocycles.